The summed E-state index contributed by atoms with van der Waals surface area (Å²) >= 11 is 0. The zero-order chi connectivity index (χ0) is 13.8. The van der Waals surface area contributed by atoms with Gasteiger partial charge in [0.15, 0.2) is 0 Å². The predicted octanol–water partition coefficient (Wildman–Crippen LogP) is 4.56. The van der Waals surface area contributed by atoms with Gasteiger partial charge in [-0.2, -0.15) is 0 Å². The van der Waals surface area contributed by atoms with E-state index in [1.54, 1.807) is 7.11 Å². The Kier molecular flexibility index (Phi) is 4.62. The van der Waals surface area contributed by atoms with Crippen LogP contribution in [0.25, 0.3) is 0 Å². The number of rotatable bonds is 3. The fourth-order valence-electron chi connectivity index (χ4n) is 3.83. The van der Waals surface area contributed by atoms with Crippen LogP contribution in [0.2, 0.25) is 0 Å². The van der Waals surface area contributed by atoms with Gasteiger partial charge >= 0.3 is 0 Å². The van der Waals surface area contributed by atoms with Crippen molar-refractivity contribution in [2.45, 2.75) is 63.3 Å². The summed E-state index contributed by atoms with van der Waals surface area (Å²) in [6, 6.07) is 7.40. The number of hydrogen-bond acceptors (Lipinski definition) is 2. The lowest BCUT2D eigenvalue weighted by atomic mass is 9.82. The molecule has 2 fully saturated rings. The van der Waals surface area contributed by atoms with E-state index in [0.29, 0.717) is 6.04 Å². The highest BCUT2D eigenvalue weighted by atomic mass is 16.5. The Labute approximate surface area is 122 Å². The van der Waals surface area contributed by atoms with Crippen LogP contribution in [0.3, 0.4) is 0 Å². The molecule has 1 aromatic carbocycles. The van der Waals surface area contributed by atoms with E-state index in [9.17, 15) is 0 Å². The van der Waals surface area contributed by atoms with Crippen molar-refractivity contribution in [1.29, 1.82) is 0 Å². The topological polar surface area (TPSA) is 21.3 Å². The fourth-order valence-corrected chi connectivity index (χ4v) is 3.83. The van der Waals surface area contributed by atoms with Gasteiger partial charge < -0.3 is 10.1 Å². The molecule has 1 N–H and O–H groups in total. The molecule has 2 aliphatic rings. The summed E-state index contributed by atoms with van der Waals surface area (Å²) in [5.74, 6) is 1.83. The van der Waals surface area contributed by atoms with Gasteiger partial charge in [0.05, 0.1) is 7.11 Å². The van der Waals surface area contributed by atoms with E-state index in [4.69, 9.17) is 4.74 Å². The fraction of sp³-hybridized carbons (Fsp3) is 0.667. The molecule has 0 amide bonds. The summed E-state index contributed by atoms with van der Waals surface area (Å²) in [6.07, 6.45) is 10.8. The molecule has 1 aromatic rings. The van der Waals surface area contributed by atoms with E-state index < -0.39 is 0 Å². The lowest BCUT2D eigenvalue weighted by molar-refractivity contribution is 0.372. The number of nitrogens with one attached hydrogen (secondary N) is 1. The Balaban J connectivity index is 1.85. The minimum absolute atomic E-state index is 0.488. The highest BCUT2D eigenvalue weighted by Crippen LogP contribution is 2.37. The second-order valence-electron chi connectivity index (χ2n) is 6.34. The second-order valence-corrected chi connectivity index (χ2v) is 6.34. The van der Waals surface area contributed by atoms with Crippen LogP contribution in [0.1, 0.15) is 74.5 Å². The summed E-state index contributed by atoms with van der Waals surface area (Å²) in [5.41, 5.74) is 2.92. The third kappa shape index (κ3) is 3.01. The monoisotopic (exact) mass is 273 g/mol. The molecule has 0 spiro atoms. The Morgan fingerprint density at radius 2 is 1.80 bits per heavy atom. The van der Waals surface area contributed by atoms with Gasteiger partial charge in [-0.05, 0) is 49.8 Å². The lowest BCUT2D eigenvalue weighted by Crippen LogP contribution is -2.27. The van der Waals surface area contributed by atoms with Crippen molar-refractivity contribution in [1.82, 2.24) is 5.32 Å². The van der Waals surface area contributed by atoms with Crippen molar-refractivity contribution < 1.29 is 4.74 Å². The van der Waals surface area contributed by atoms with Crippen LogP contribution in [0.5, 0.6) is 5.75 Å². The summed E-state index contributed by atoms with van der Waals surface area (Å²) in [6.45, 7) is 1.14. The van der Waals surface area contributed by atoms with Gasteiger partial charge in [-0.1, -0.05) is 37.8 Å². The second kappa shape index (κ2) is 6.62. The third-order valence-corrected chi connectivity index (χ3v) is 5.02. The SMILES string of the molecule is COc1ccc(C2CCCCC2)cc1C1CCCCN1. The average molecular weight is 273 g/mol. The van der Waals surface area contributed by atoms with Crippen LogP contribution in [0.4, 0.5) is 0 Å². The zero-order valence-electron chi connectivity index (χ0n) is 12.7. The number of benzene rings is 1. The molecule has 1 atom stereocenters. The third-order valence-electron chi connectivity index (χ3n) is 5.02. The maximum Gasteiger partial charge on any atom is 0.123 e. The standard InChI is InChI=1S/C18H27NO/c1-20-18-11-10-15(14-7-3-2-4-8-14)13-16(18)17-9-5-6-12-19-17/h10-11,13-14,17,19H,2-9,12H2,1H3. The van der Waals surface area contributed by atoms with Gasteiger partial charge in [0.2, 0.25) is 0 Å². The smallest absolute Gasteiger partial charge is 0.123 e. The lowest BCUT2D eigenvalue weighted by Gasteiger charge is -2.28. The van der Waals surface area contributed by atoms with Gasteiger partial charge in [0.25, 0.3) is 0 Å². The van der Waals surface area contributed by atoms with E-state index in [1.165, 1.54) is 62.5 Å². The molecule has 2 nitrogen and oxygen atoms in total. The Bertz CT molecular complexity index is 431. The summed E-state index contributed by atoms with van der Waals surface area (Å²) < 4.78 is 5.60. The van der Waals surface area contributed by atoms with Gasteiger partial charge in [-0.15, -0.1) is 0 Å². The number of methoxy groups -OCH3 is 1. The molecule has 1 unspecified atom stereocenters. The highest BCUT2D eigenvalue weighted by molar-refractivity contribution is 5.41. The van der Waals surface area contributed by atoms with Crippen LogP contribution in [-0.2, 0) is 0 Å². The van der Waals surface area contributed by atoms with E-state index in [0.717, 1.165) is 18.2 Å². The molecule has 20 heavy (non-hydrogen) atoms. The maximum atomic E-state index is 5.60. The van der Waals surface area contributed by atoms with Crippen LogP contribution < -0.4 is 10.1 Å². The highest BCUT2D eigenvalue weighted by Gasteiger charge is 2.21. The predicted molar refractivity (Wildman–Crippen MR) is 83.4 cm³/mol. The van der Waals surface area contributed by atoms with Crippen LogP contribution in [0.15, 0.2) is 18.2 Å². The summed E-state index contributed by atoms with van der Waals surface area (Å²) in [5, 5.41) is 3.66. The van der Waals surface area contributed by atoms with E-state index in [2.05, 4.69) is 23.5 Å². The molecule has 1 saturated heterocycles. The first-order chi connectivity index (χ1) is 9.88. The number of piperidine rings is 1. The quantitative estimate of drug-likeness (QED) is 0.872. The van der Waals surface area contributed by atoms with Crippen LogP contribution in [-0.4, -0.2) is 13.7 Å². The van der Waals surface area contributed by atoms with Crippen molar-refractivity contribution in [3.8, 4) is 5.75 Å². The normalized spacial score (nSPS) is 24.6. The summed E-state index contributed by atoms with van der Waals surface area (Å²) in [4.78, 5) is 0. The molecular weight excluding hydrogens is 246 g/mol. The molecule has 1 heterocycles. The molecule has 1 saturated carbocycles. The summed E-state index contributed by atoms with van der Waals surface area (Å²) in [7, 11) is 1.79. The Morgan fingerprint density at radius 3 is 2.50 bits per heavy atom. The Morgan fingerprint density at radius 1 is 1.00 bits per heavy atom. The molecular formula is C18H27NO. The maximum absolute atomic E-state index is 5.60. The first-order valence-electron chi connectivity index (χ1n) is 8.29. The first kappa shape index (κ1) is 13.9. The largest absolute Gasteiger partial charge is 0.496 e. The van der Waals surface area contributed by atoms with E-state index in [1.807, 2.05) is 0 Å². The Hall–Kier alpha value is -1.02. The van der Waals surface area contributed by atoms with Gasteiger partial charge in [-0.25, -0.2) is 0 Å². The number of ether oxygens (including phenoxy) is 1. The van der Waals surface area contributed by atoms with Crippen LogP contribution >= 0.6 is 0 Å². The van der Waals surface area contributed by atoms with Crippen LogP contribution in [0, 0.1) is 0 Å². The number of hydrogen-bond donors (Lipinski definition) is 1. The molecule has 1 aliphatic heterocycles. The molecule has 0 aromatic heterocycles. The van der Waals surface area contributed by atoms with Crippen molar-refractivity contribution in [3.63, 3.8) is 0 Å². The van der Waals surface area contributed by atoms with E-state index >= 15 is 0 Å². The van der Waals surface area contributed by atoms with Crippen molar-refractivity contribution in [3.05, 3.63) is 29.3 Å². The first-order valence-corrected chi connectivity index (χ1v) is 8.29. The molecule has 2 heteroatoms. The van der Waals surface area contributed by atoms with Crippen molar-refractivity contribution in [2.75, 3.05) is 13.7 Å². The minimum atomic E-state index is 0.488. The molecule has 0 bridgehead atoms. The minimum Gasteiger partial charge on any atom is -0.496 e. The van der Waals surface area contributed by atoms with E-state index in [-0.39, 0.29) is 0 Å². The van der Waals surface area contributed by atoms with Crippen molar-refractivity contribution >= 4 is 0 Å². The molecule has 1 aliphatic carbocycles. The average Bonchev–Trinajstić information content (AvgIpc) is 2.56. The molecule has 110 valence electrons. The van der Waals surface area contributed by atoms with Gasteiger partial charge in [0, 0.05) is 11.6 Å². The van der Waals surface area contributed by atoms with Gasteiger partial charge in [-0.3, -0.25) is 0 Å². The molecule has 0 radical (unpaired) electrons. The molecule has 3 rings (SSSR count). The zero-order valence-corrected chi connectivity index (χ0v) is 12.7. The van der Waals surface area contributed by atoms with Crippen molar-refractivity contribution in [2.24, 2.45) is 0 Å². The van der Waals surface area contributed by atoms with Gasteiger partial charge in [0.1, 0.15) is 5.75 Å².